The third-order valence-electron chi connectivity index (χ3n) is 20.9. The zero-order valence-electron chi connectivity index (χ0n) is 47.6. The summed E-state index contributed by atoms with van der Waals surface area (Å²) in [5.41, 5.74) is 30.6. The molecule has 0 radical (unpaired) electrons. The van der Waals surface area contributed by atoms with Crippen molar-refractivity contribution >= 4 is 82.0 Å². The van der Waals surface area contributed by atoms with E-state index in [0.717, 1.165) is 138 Å². The molecule has 4 heterocycles. The molecule has 5 heteroatoms. The summed E-state index contributed by atoms with van der Waals surface area (Å²) in [7, 11) is 0. The van der Waals surface area contributed by atoms with Crippen molar-refractivity contribution in [2.75, 3.05) is 0 Å². The number of benzene rings is 13. The first-order chi connectivity index (χ1) is 44.1. The Bertz CT molecular complexity index is 5700. The van der Waals surface area contributed by atoms with Crippen molar-refractivity contribution in [3.8, 4) is 56.6 Å². The molecule has 6 aliphatic rings. The van der Waals surface area contributed by atoms with E-state index in [9.17, 15) is 10.5 Å². The molecule has 0 unspecified atom stereocenters. The van der Waals surface area contributed by atoms with Gasteiger partial charge < -0.3 is 13.2 Å². The molecule has 0 N–H and O–H groups in total. The third-order valence-corrected chi connectivity index (χ3v) is 20.9. The van der Waals surface area contributed by atoms with E-state index < -0.39 is 0 Å². The lowest BCUT2D eigenvalue weighted by molar-refractivity contribution is 0.668. The first kappa shape index (κ1) is 47.5. The number of aromatic nitrogens is 1. The van der Waals surface area contributed by atoms with Gasteiger partial charge in [-0.3, -0.25) is 0 Å². The van der Waals surface area contributed by atoms with Crippen LogP contribution in [-0.4, -0.2) is 4.40 Å². The van der Waals surface area contributed by atoms with Crippen LogP contribution >= 0.6 is 0 Å². The average molecular weight is 1130 g/mol. The zero-order chi connectivity index (χ0) is 58.1. The molecule has 23 rings (SSSR count). The van der Waals surface area contributed by atoms with Gasteiger partial charge >= 0.3 is 0 Å². The smallest absolute Gasteiger partial charge is 0.136 e. The quantitative estimate of drug-likeness (QED) is 0.176. The molecule has 0 saturated carbocycles. The summed E-state index contributed by atoms with van der Waals surface area (Å²) >= 11 is 0. The van der Waals surface area contributed by atoms with Crippen LogP contribution in [0.3, 0.4) is 0 Å². The van der Waals surface area contributed by atoms with Gasteiger partial charge in [-0.1, -0.05) is 206 Å². The molecule has 4 bridgehead atoms. The Hall–Kier alpha value is -11.8. The molecule has 13 aromatic carbocycles. The Morgan fingerprint density at radius 2 is 0.629 bits per heavy atom. The maximum absolute atomic E-state index is 12.0. The highest BCUT2D eigenvalue weighted by molar-refractivity contribution is 6.36. The van der Waals surface area contributed by atoms with E-state index in [2.05, 4.69) is 265 Å². The van der Waals surface area contributed by atoms with E-state index in [1.54, 1.807) is 0 Å². The van der Waals surface area contributed by atoms with E-state index in [1.807, 2.05) is 0 Å². The van der Waals surface area contributed by atoms with Crippen LogP contribution in [0.25, 0.3) is 126 Å². The zero-order valence-corrected chi connectivity index (χ0v) is 47.6. The summed E-state index contributed by atoms with van der Waals surface area (Å²) in [5.74, 6) is -0.730. The largest absolute Gasteiger partial charge is 0.456 e. The average Bonchev–Trinajstić information content (AvgIpc) is 1.57. The summed E-state index contributed by atoms with van der Waals surface area (Å²) in [5, 5.41) is 32.5. The van der Waals surface area contributed by atoms with Gasteiger partial charge in [0.25, 0.3) is 0 Å². The van der Waals surface area contributed by atoms with Crippen LogP contribution < -0.4 is 0 Å². The van der Waals surface area contributed by atoms with Gasteiger partial charge in [-0.05, 0) is 143 Å². The first-order valence-corrected chi connectivity index (χ1v) is 30.7. The number of para-hydroxylation sites is 2. The normalized spacial score (nSPS) is 16.5. The van der Waals surface area contributed by atoms with Gasteiger partial charge in [-0.15, -0.1) is 0 Å². The fourth-order valence-corrected chi connectivity index (χ4v) is 17.8. The number of fused-ring (bicyclic) bond motifs is 12. The van der Waals surface area contributed by atoms with Crippen molar-refractivity contribution in [3.05, 3.63) is 327 Å². The second kappa shape index (κ2) is 17.0. The highest BCUT2D eigenvalue weighted by Gasteiger charge is 2.48. The van der Waals surface area contributed by atoms with Gasteiger partial charge in [0.05, 0.1) is 39.8 Å². The molecule has 17 aromatic rings. The second-order valence-electron chi connectivity index (χ2n) is 24.8. The molecule has 408 valence electrons. The predicted molar refractivity (Wildman–Crippen MR) is 356 cm³/mol. The lowest BCUT2D eigenvalue weighted by atomic mass is 9.59. The topological polar surface area (TPSA) is 78.3 Å². The number of rotatable bonds is 4. The molecule has 0 atom stereocenters. The van der Waals surface area contributed by atoms with Crippen molar-refractivity contribution < 1.29 is 8.83 Å². The second-order valence-corrected chi connectivity index (χ2v) is 24.8. The van der Waals surface area contributed by atoms with E-state index in [4.69, 9.17) is 8.83 Å². The standard InChI is InChI=1S/C84H45N3O2/c85-42-46-39-62-80(82-68(46)72-50-23-7-11-27-54(50)74(82)55-28-12-8-24-51(55)72)78-60(70-48(44-19-3-1-4-20-44)35-37-66-76(70)58-31-15-17-33-64(58)88-66)41-61(71-49(45-21-5-2-6-22-45)36-38-67-77(71)59-32-16-18-34-65(59)89-67)79-81-63(87(62)84(78)79)40-47(43-86)69-73-52-25-9-13-29-56(52)75(83(69)81)57-30-14-10-26-53(57)73/h1-41,72-75H. The van der Waals surface area contributed by atoms with Crippen molar-refractivity contribution in [1.29, 1.82) is 10.5 Å². The molecule has 4 aromatic heterocycles. The molecular formula is C84H45N3O2. The lowest BCUT2D eigenvalue weighted by Gasteiger charge is -2.43. The molecule has 5 nitrogen and oxygen atoms in total. The fraction of sp³-hybridized carbons (Fsp3) is 0.0476. The summed E-state index contributed by atoms with van der Waals surface area (Å²) in [6.45, 7) is 0. The summed E-state index contributed by atoms with van der Waals surface area (Å²) in [4.78, 5) is 0. The van der Waals surface area contributed by atoms with Crippen LogP contribution in [0.4, 0.5) is 0 Å². The molecule has 0 amide bonds. The summed E-state index contributed by atoms with van der Waals surface area (Å²) in [6, 6.07) is 96.0. The Kier molecular flexibility index (Phi) is 9.08. The van der Waals surface area contributed by atoms with E-state index in [-0.39, 0.29) is 23.7 Å². The van der Waals surface area contributed by atoms with Crippen LogP contribution in [0.1, 0.15) is 102 Å². The molecular weight excluding hydrogens is 1080 g/mol. The minimum Gasteiger partial charge on any atom is -0.456 e. The number of nitrogens with zero attached hydrogens (tertiary/aromatic N) is 3. The SMILES string of the molecule is N#Cc1cc2c(c3c1C1c4ccccc4C3c3ccccc31)c1c(-c3c(-c4ccccc4)ccc4oc5ccccc5c34)cc(-c3c(-c4ccccc4)ccc4oc5ccccc5c34)c3c4c5c(c(C#N)cc4n2c13)C1c2ccccc2C5c2ccccc21. The van der Waals surface area contributed by atoms with Crippen molar-refractivity contribution in [3.63, 3.8) is 0 Å². The first-order valence-electron chi connectivity index (χ1n) is 30.7. The monoisotopic (exact) mass is 1130 g/mol. The minimum atomic E-state index is -0.191. The highest BCUT2D eigenvalue weighted by Crippen LogP contribution is 2.65. The van der Waals surface area contributed by atoms with Crippen molar-refractivity contribution in [1.82, 2.24) is 4.40 Å². The number of hydrogen-bond acceptors (Lipinski definition) is 4. The summed E-state index contributed by atoms with van der Waals surface area (Å²) < 4.78 is 16.5. The van der Waals surface area contributed by atoms with Gasteiger partial charge in [0, 0.05) is 77.9 Å². The van der Waals surface area contributed by atoms with Gasteiger partial charge in [0.1, 0.15) is 22.3 Å². The predicted octanol–water partition coefficient (Wildman–Crippen LogP) is 21.0. The maximum atomic E-state index is 12.0. The highest BCUT2D eigenvalue weighted by atomic mass is 16.3. The fourth-order valence-electron chi connectivity index (χ4n) is 17.8. The van der Waals surface area contributed by atoms with Gasteiger partial charge in [-0.2, -0.15) is 10.5 Å². The third kappa shape index (κ3) is 5.84. The molecule has 6 aliphatic carbocycles. The lowest BCUT2D eigenvalue weighted by Crippen LogP contribution is -2.28. The van der Waals surface area contributed by atoms with E-state index in [1.165, 1.54) is 55.6 Å². The molecule has 0 spiro atoms. The van der Waals surface area contributed by atoms with Gasteiger partial charge in [0.2, 0.25) is 0 Å². The Labute approximate surface area is 509 Å². The summed E-state index contributed by atoms with van der Waals surface area (Å²) in [6.07, 6.45) is 0. The van der Waals surface area contributed by atoms with Gasteiger partial charge in [0.15, 0.2) is 0 Å². The number of furan rings is 2. The Morgan fingerprint density at radius 3 is 1.00 bits per heavy atom. The van der Waals surface area contributed by atoms with Crippen LogP contribution in [0, 0.1) is 22.7 Å². The van der Waals surface area contributed by atoms with Crippen molar-refractivity contribution in [2.45, 2.75) is 23.7 Å². The number of nitriles is 2. The Balaban J connectivity index is 1.08. The minimum absolute atomic E-state index is 0.174. The van der Waals surface area contributed by atoms with E-state index >= 15 is 0 Å². The molecule has 0 fully saturated rings. The van der Waals surface area contributed by atoms with Crippen LogP contribution in [0.15, 0.2) is 258 Å². The Morgan fingerprint density at radius 1 is 0.292 bits per heavy atom. The van der Waals surface area contributed by atoms with Crippen LogP contribution in [0.5, 0.6) is 0 Å². The number of hydrogen-bond donors (Lipinski definition) is 0. The van der Waals surface area contributed by atoms with Crippen LogP contribution in [0.2, 0.25) is 0 Å². The molecule has 89 heavy (non-hydrogen) atoms. The molecule has 0 aliphatic heterocycles. The van der Waals surface area contributed by atoms with Crippen molar-refractivity contribution in [2.24, 2.45) is 0 Å². The van der Waals surface area contributed by atoms with Crippen LogP contribution in [-0.2, 0) is 0 Å². The van der Waals surface area contributed by atoms with Gasteiger partial charge in [-0.25, -0.2) is 0 Å². The maximum Gasteiger partial charge on any atom is 0.136 e. The molecule has 0 saturated heterocycles. The van der Waals surface area contributed by atoms with E-state index in [0.29, 0.717) is 11.1 Å².